The van der Waals surface area contributed by atoms with Crippen molar-refractivity contribution in [1.29, 1.82) is 0 Å². The molecule has 8 nitrogen and oxygen atoms in total. The Morgan fingerprint density at radius 1 is 0.925 bits per heavy atom. The Kier molecular flexibility index (Phi) is 7.79. The van der Waals surface area contributed by atoms with E-state index in [2.05, 4.69) is 4.98 Å². The van der Waals surface area contributed by atoms with Crippen molar-refractivity contribution in [3.05, 3.63) is 105 Å². The normalized spacial score (nSPS) is 11.2. The van der Waals surface area contributed by atoms with Crippen LogP contribution in [0.25, 0.3) is 21.9 Å². The lowest BCUT2D eigenvalue weighted by Crippen LogP contribution is -2.20. The number of carbonyl (C=O) groups is 1. The maximum Gasteiger partial charge on any atom is 0.213 e. The molecule has 0 unspecified atom stereocenters. The first-order chi connectivity index (χ1) is 19.3. The Hall–Kier alpha value is -4.69. The summed E-state index contributed by atoms with van der Waals surface area (Å²) in [7, 11) is 5.54. The number of fused-ring (bicyclic) bond motifs is 2. The second-order valence-corrected chi connectivity index (χ2v) is 9.73. The molecular weight excluding hydrogens is 508 g/mol. The van der Waals surface area contributed by atoms with Gasteiger partial charge in [0, 0.05) is 29.9 Å². The molecule has 0 radical (unpaired) electrons. The predicted molar refractivity (Wildman–Crippen MR) is 154 cm³/mol. The lowest BCUT2D eigenvalue weighted by atomic mass is 10.0. The number of nitrogens with zero attached hydrogens (tertiary/aromatic N) is 2. The Bertz CT molecular complexity index is 1720. The number of likely N-dealkylation sites (N-methyl/N-ethyl adjacent to an activating group) is 1. The number of methoxy groups -OCH3 is 1. The lowest BCUT2D eigenvalue weighted by Gasteiger charge is -2.14. The van der Waals surface area contributed by atoms with Crippen molar-refractivity contribution in [2.75, 3.05) is 34.4 Å². The molecule has 40 heavy (non-hydrogen) atoms. The average molecular weight is 539 g/mol. The lowest BCUT2D eigenvalue weighted by molar-refractivity contribution is 0.103. The summed E-state index contributed by atoms with van der Waals surface area (Å²) in [4.78, 5) is 33.0. The van der Waals surface area contributed by atoms with E-state index in [1.165, 1.54) is 6.20 Å². The van der Waals surface area contributed by atoms with Gasteiger partial charge in [-0.2, -0.15) is 0 Å². The van der Waals surface area contributed by atoms with Crippen molar-refractivity contribution in [2.45, 2.75) is 13.5 Å². The van der Waals surface area contributed by atoms with Gasteiger partial charge in [-0.15, -0.1) is 0 Å². The molecule has 0 bridgehead atoms. The van der Waals surface area contributed by atoms with Gasteiger partial charge < -0.3 is 23.5 Å². The van der Waals surface area contributed by atoms with Crippen LogP contribution in [-0.4, -0.2) is 50.0 Å². The topological polar surface area (TPSA) is 91.1 Å². The zero-order valence-corrected chi connectivity index (χ0v) is 22.9. The van der Waals surface area contributed by atoms with Crippen molar-refractivity contribution in [3.63, 3.8) is 0 Å². The molecule has 3 aromatic carbocycles. The molecular formula is C32H30N2O6. The van der Waals surface area contributed by atoms with Gasteiger partial charge in [-0.1, -0.05) is 24.3 Å². The molecule has 0 saturated carbocycles. The van der Waals surface area contributed by atoms with E-state index < -0.39 is 0 Å². The molecule has 2 aromatic heterocycles. The van der Waals surface area contributed by atoms with Crippen LogP contribution in [0.1, 0.15) is 27.0 Å². The number of hydrogen-bond acceptors (Lipinski definition) is 8. The molecule has 0 N–H and O–H groups in total. The summed E-state index contributed by atoms with van der Waals surface area (Å²) in [6, 6.07) is 19.4. The van der Waals surface area contributed by atoms with Crippen LogP contribution in [0.15, 0.2) is 82.1 Å². The number of ketones is 1. The van der Waals surface area contributed by atoms with Crippen LogP contribution < -0.4 is 19.6 Å². The van der Waals surface area contributed by atoms with Crippen LogP contribution in [0.2, 0.25) is 0 Å². The largest absolute Gasteiger partial charge is 0.497 e. The summed E-state index contributed by atoms with van der Waals surface area (Å²) in [5, 5.41) is 0.785. The third kappa shape index (κ3) is 5.67. The minimum atomic E-state index is -0.240. The molecule has 0 spiro atoms. The molecule has 0 aliphatic carbocycles. The third-order valence-electron chi connectivity index (χ3n) is 6.58. The van der Waals surface area contributed by atoms with Crippen LogP contribution in [0.3, 0.4) is 0 Å². The van der Waals surface area contributed by atoms with Crippen LogP contribution >= 0.6 is 0 Å². The second kappa shape index (κ2) is 11.6. The van der Waals surface area contributed by atoms with E-state index in [0.29, 0.717) is 64.5 Å². The first-order valence-electron chi connectivity index (χ1n) is 12.9. The van der Waals surface area contributed by atoms with Crippen molar-refractivity contribution in [2.24, 2.45) is 0 Å². The van der Waals surface area contributed by atoms with E-state index in [0.717, 1.165) is 16.9 Å². The molecule has 0 saturated heterocycles. The van der Waals surface area contributed by atoms with Crippen LogP contribution in [0.5, 0.6) is 17.4 Å². The number of benzene rings is 3. The number of hydrogen-bond donors (Lipinski definition) is 0. The fourth-order valence-corrected chi connectivity index (χ4v) is 4.32. The van der Waals surface area contributed by atoms with Crippen LogP contribution in [0.4, 0.5) is 0 Å². The van der Waals surface area contributed by atoms with Crippen molar-refractivity contribution in [3.8, 4) is 17.4 Å². The van der Waals surface area contributed by atoms with Gasteiger partial charge >= 0.3 is 0 Å². The fraction of sp³-hybridized carbons (Fsp3) is 0.219. The van der Waals surface area contributed by atoms with Gasteiger partial charge in [-0.25, -0.2) is 4.98 Å². The van der Waals surface area contributed by atoms with Gasteiger partial charge in [0.15, 0.2) is 5.78 Å². The second-order valence-electron chi connectivity index (χ2n) is 9.73. The zero-order chi connectivity index (χ0) is 28.2. The summed E-state index contributed by atoms with van der Waals surface area (Å²) >= 11 is 0. The zero-order valence-electron chi connectivity index (χ0n) is 22.9. The Labute approximate surface area is 231 Å². The van der Waals surface area contributed by atoms with Gasteiger partial charge in [0.25, 0.3) is 0 Å². The van der Waals surface area contributed by atoms with Crippen molar-refractivity contribution >= 4 is 27.7 Å². The number of pyridine rings is 1. The van der Waals surface area contributed by atoms with Crippen molar-refractivity contribution < 1.29 is 23.4 Å². The van der Waals surface area contributed by atoms with Gasteiger partial charge in [0.1, 0.15) is 41.3 Å². The highest BCUT2D eigenvalue weighted by atomic mass is 16.5. The molecule has 0 aliphatic rings. The highest BCUT2D eigenvalue weighted by Crippen LogP contribution is 2.30. The summed E-state index contributed by atoms with van der Waals surface area (Å²) in [6.45, 7) is 3.39. The predicted octanol–water partition coefficient (Wildman–Crippen LogP) is 5.41. The van der Waals surface area contributed by atoms with E-state index in [-0.39, 0.29) is 11.2 Å². The smallest absolute Gasteiger partial charge is 0.213 e. The number of carbonyl (C=O) groups excluding carboxylic acids is 1. The molecule has 0 aliphatic heterocycles. The summed E-state index contributed by atoms with van der Waals surface area (Å²) in [5.41, 5.74) is 3.15. The number of aryl methyl sites for hydroxylation is 1. The van der Waals surface area contributed by atoms with Crippen LogP contribution in [0, 0.1) is 6.92 Å². The van der Waals surface area contributed by atoms with E-state index in [1.807, 2.05) is 56.3 Å². The quantitative estimate of drug-likeness (QED) is 0.172. The Morgan fingerprint density at radius 2 is 1.70 bits per heavy atom. The highest BCUT2D eigenvalue weighted by Gasteiger charge is 2.17. The maximum atomic E-state index is 13.5. The summed E-state index contributed by atoms with van der Waals surface area (Å²) in [5.74, 6) is 1.46. The van der Waals surface area contributed by atoms with Gasteiger partial charge in [-0.3, -0.25) is 9.59 Å². The first kappa shape index (κ1) is 26.9. The number of ether oxygens (including phenoxy) is 3. The molecule has 2 heterocycles. The van der Waals surface area contributed by atoms with E-state index >= 15 is 0 Å². The Balaban J connectivity index is 1.37. The minimum absolute atomic E-state index is 0.196. The van der Waals surface area contributed by atoms with E-state index in [4.69, 9.17) is 18.6 Å². The maximum absolute atomic E-state index is 13.5. The molecule has 0 atom stereocenters. The monoisotopic (exact) mass is 538 g/mol. The highest BCUT2D eigenvalue weighted by molar-refractivity contribution is 6.10. The molecule has 0 fully saturated rings. The number of aromatic nitrogens is 1. The fourth-order valence-electron chi connectivity index (χ4n) is 4.32. The first-order valence-corrected chi connectivity index (χ1v) is 12.9. The van der Waals surface area contributed by atoms with Crippen molar-refractivity contribution in [1.82, 2.24) is 9.88 Å². The molecule has 204 valence electrons. The minimum Gasteiger partial charge on any atom is -0.497 e. The molecule has 5 rings (SSSR count). The standard InChI is InChI=1S/C32H30N2O6/c1-20-5-13-26-29(32(20)38-16-15-34(2)3)31(36)25-12-8-22(17-27(25)40-26)30(35)23-9-14-28(33-18-23)39-19-21-6-10-24(37-4)11-7-21/h5-14,17-18H,15-16,19H2,1-4H3. The van der Waals surface area contributed by atoms with Gasteiger partial charge in [0.2, 0.25) is 11.3 Å². The SMILES string of the molecule is COc1ccc(COc2ccc(C(=O)c3ccc4c(=O)c5c(OCCN(C)C)c(C)ccc5oc4c3)cn2)cc1. The molecule has 0 amide bonds. The van der Waals surface area contributed by atoms with Gasteiger partial charge in [0.05, 0.1) is 12.5 Å². The van der Waals surface area contributed by atoms with Crippen LogP contribution in [-0.2, 0) is 6.61 Å². The van der Waals surface area contributed by atoms with Gasteiger partial charge in [-0.05, 0) is 68.5 Å². The average Bonchev–Trinajstić information content (AvgIpc) is 2.97. The van der Waals surface area contributed by atoms with E-state index in [1.54, 1.807) is 43.5 Å². The molecule has 8 heteroatoms. The molecule has 5 aromatic rings. The summed E-state index contributed by atoms with van der Waals surface area (Å²) < 4.78 is 23.0. The number of rotatable bonds is 10. The van der Waals surface area contributed by atoms with E-state index in [9.17, 15) is 9.59 Å². The summed E-state index contributed by atoms with van der Waals surface area (Å²) in [6.07, 6.45) is 1.48. The third-order valence-corrected chi connectivity index (χ3v) is 6.58. The Morgan fingerprint density at radius 3 is 2.40 bits per heavy atom.